The number of aryl methyl sites for hydroxylation is 1. The molecule has 1 N–H and O–H groups in total. The lowest BCUT2D eigenvalue weighted by Crippen LogP contribution is -2.20. The molecule has 2 rings (SSSR count). The highest BCUT2D eigenvalue weighted by molar-refractivity contribution is 5.27. The van der Waals surface area contributed by atoms with Gasteiger partial charge in [0.25, 0.3) is 0 Å². The van der Waals surface area contributed by atoms with Crippen LogP contribution in [0, 0.1) is 18.6 Å². The quantitative estimate of drug-likeness (QED) is 0.915. The first-order valence-electron chi connectivity index (χ1n) is 6.15. The first kappa shape index (κ1) is 13.6. The molecule has 2 aromatic rings. The van der Waals surface area contributed by atoms with E-state index < -0.39 is 11.6 Å². The minimum Gasteiger partial charge on any atom is -0.313 e. The second-order valence-corrected chi connectivity index (χ2v) is 4.44. The lowest BCUT2D eigenvalue weighted by Gasteiger charge is -2.18. The van der Waals surface area contributed by atoms with Gasteiger partial charge in [-0.3, -0.25) is 4.98 Å². The standard InChI is InChI=1S/C15H16F2N2/c1-10-12(6-4-8-19-10)14(18-2)9-11-5-3-7-13(16)15(11)17/h3-8,14,18H,9H2,1-2H3. The van der Waals surface area contributed by atoms with E-state index in [1.54, 1.807) is 19.3 Å². The van der Waals surface area contributed by atoms with Crippen LogP contribution >= 0.6 is 0 Å². The molecule has 0 saturated carbocycles. The van der Waals surface area contributed by atoms with E-state index in [4.69, 9.17) is 0 Å². The highest BCUT2D eigenvalue weighted by atomic mass is 19.2. The van der Waals surface area contributed by atoms with Gasteiger partial charge in [-0.15, -0.1) is 0 Å². The number of pyridine rings is 1. The molecule has 19 heavy (non-hydrogen) atoms. The Morgan fingerprint density at radius 2 is 2.00 bits per heavy atom. The van der Waals surface area contributed by atoms with Crippen LogP contribution in [0.15, 0.2) is 36.5 Å². The normalized spacial score (nSPS) is 12.4. The number of nitrogens with one attached hydrogen (secondary N) is 1. The van der Waals surface area contributed by atoms with Gasteiger partial charge >= 0.3 is 0 Å². The van der Waals surface area contributed by atoms with Crippen LogP contribution in [0.4, 0.5) is 8.78 Å². The molecule has 0 saturated heterocycles. The second-order valence-electron chi connectivity index (χ2n) is 4.44. The van der Waals surface area contributed by atoms with Gasteiger partial charge in [-0.25, -0.2) is 8.78 Å². The van der Waals surface area contributed by atoms with E-state index in [0.717, 1.165) is 17.3 Å². The number of benzene rings is 1. The fourth-order valence-electron chi connectivity index (χ4n) is 2.16. The molecule has 0 spiro atoms. The molecule has 1 unspecified atom stereocenters. The number of hydrogen-bond acceptors (Lipinski definition) is 2. The second kappa shape index (κ2) is 5.89. The summed E-state index contributed by atoms with van der Waals surface area (Å²) in [7, 11) is 1.80. The molecule has 1 aromatic heterocycles. The van der Waals surface area contributed by atoms with Crippen LogP contribution in [-0.4, -0.2) is 12.0 Å². The minimum atomic E-state index is -0.810. The van der Waals surface area contributed by atoms with Crippen molar-refractivity contribution in [2.75, 3.05) is 7.05 Å². The molecular formula is C15H16F2N2. The number of likely N-dealkylation sites (N-methyl/N-ethyl adjacent to an activating group) is 1. The Labute approximate surface area is 111 Å². The van der Waals surface area contributed by atoms with Crippen LogP contribution in [0.1, 0.15) is 22.9 Å². The van der Waals surface area contributed by atoms with Gasteiger partial charge in [0.15, 0.2) is 11.6 Å². The van der Waals surface area contributed by atoms with Crippen LogP contribution in [0.3, 0.4) is 0 Å². The number of hydrogen-bond donors (Lipinski definition) is 1. The smallest absolute Gasteiger partial charge is 0.162 e. The molecule has 0 aliphatic rings. The van der Waals surface area contributed by atoms with Crippen molar-refractivity contribution in [3.63, 3.8) is 0 Å². The van der Waals surface area contributed by atoms with Crippen molar-refractivity contribution in [1.82, 2.24) is 10.3 Å². The Kier molecular flexibility index (Phi) is 4.22. The highest BCUT2D eigenvalue weighted by Crippen LogP contribution is 2.22. The van der Waals surface area contributed by atoms with Gasteiger partial charge in [-0.05, 0) is 43.7 Å². The summed E-state index contributed by atoms with van der Waals surface area (Å²) in [6, 6.07) is 7.95. The fraction of sp³-hybridized carbons (Fsp3) is 0.267. The van der Waals surface area contributed by atoms with E-state index in [9.17, 15) is 8.78 Å². The number of aromatic nitrogens is 1. The van der Waals surface area contributed by atoms with Gasteiger partial charge < -0.3 is 5.32 Å². The third-order valence-corrected chi connectivity index (χ3v) is 3.23. The van der Waals surface area contributed by atoms with Crippen molar-refractivity contribution in [1.29, 1.82) is 0 Å². The van der Waals surface area contributed by atoms with Crippen LogP contribution in [0.2, 0.25) is 0 Å². The predicted molar refractivity (Wildman–Crippen MR) is 70.8 cm³/mol. The van der Waals surface area contributed by atoms with E-state index in [-0.39, 0.29) is 6.04 Å². The Hall–Kier alpha value is -1.81. The monoisotopic (exact) mass is 262 g/mol. The topological polar surface area (TPSA) is 24.9 Å². The number of nitrogens with zero attached hydrogens (tertiary/aromatic N) is 1. The Morgan fingerprint density at radius 1 is 1.21 bits per heavy atom. The summed E-state index contributed by atoms with van der Waals surface area (Å²) in [4.78, 5) is 4.22. The molecule has 1 atom stereocenters. The molecule has 0 radical (unpaired) electrons. The largest absolute Gasteiger partial charge is 0.313 e. The predicted octanol–water partition coefficient (Wildman–Crippen LogP) is 3.17. The average molecular weight is 262 g/mol. The summed E-state index contributed by atoms with van der Waals surface area (Å²) in [6.45, 7) is 1.90. The molecular weight excluding hydrogens is 246 g/mol. The zero-order valence-electron chi connectivity index (χ0n) is 11.0. The van der Waals surface area contributed by atoms with Crippen LogP contribution in [-0.2, 0) is 6.42 Å². The Balaban J connectivity index is 2.30. The maximum atomic E-state index is 13.7. The van der Waals surface area contributed by atoms with E-state index in [2.05, 4.69) is 10.3 Å². The first-order chi connectivity index (χ1) is 9.13. The summed E-state index contributed by atoms with van der Waals surface area (Å²) >= 11 is 0. The van der Waals surface area contributed by atoms with Crippen molar-refractivity contribution in [3.05, 3.63) is 65.0 Å². The van der Waals surface area contributed by atoms with Crippen LogP contribution in [0.25, 0.3) is 0 Å². The van der Waals surface area contributed by atoms with Gasteiger partial charge in [0.1, 0.15) is 0 Å². The van der Waals surface area contributed by atoms with Crippen molar-refractivity contribution in [2.24, 2.45) is 0 Å². The molecule has 0 fully saturated rings. The number of halogens is 2. The van der Waals surface area contributed by atoms with Crippen LogP contribution in [0.5, 0.6) is 0 Å². The molecule has 100 valence electrons. The van der Waals surface area contributed by atoms with Gasteiger partial charge in [0.05, 0.1) is 0 Å². The molecule has 0 aliphatic heterocycles. The molecule has 4 heteroatoms. The Bertz CT molecular complexity index is 570. The molecule has 0 amide bonds. The van der Waals surface area contributed by atoms with E-state index in [0.29, 0.717) is 12.0 Å². The molecule has 2 nitrogen and oxygen atoms in total. The van der Waals surface area contributed by atoms with E-state index >= 15 is 0 Å². The summed E-state index contributed by atoms with van der Waals surface area (Å²) in [6.07, 6.45) is 2.10. The van der Waals surface area contributed by atoms with Crippen molar-refractivity contribution < 1.29 is 8.78 Å². The van der Waals surface area contributed by atoms with E-state index in [1.807, 2.05) is 19.1 Å². The summed E-state index contributed by atoms with van der Waals surface area (Å²) in [5.74, 6) is -1.58. The van der Waals surface area contributed by atoms with Crippen LogP contribution < -0.4 is 5.32 Å². The van der Waals surface area contributed by atoms with Crippen molar-refractivity contribution >= 4 is 0 Å². The molecule has 1 aromatic carbocycles. The van der Waals surface area contributed by atoms with Crippen molar-refractivity contribution in [2.45, 2.75) is 19.4 Å². The van der Waals surface area contributed by atoms with Crippen molar-refractivity contribution in [3.8, 4) is 0 Å². The lowest BCUT2D eigenvalue weighted by atomic mass is 9.97. The fourth-order valence-corrected chi connectivity index (χ4v) is 2.16. The number of rotatable bonds is 4. The summed E-state index contributed by atoms with van der Waals surface area (Å²) in [5, 5.41) is 3.13. The maximum absolute atomic E-state index is 13.7. The summed E-state index contributed by atoms with van der Waals surface area (Å²) < 4.78 is 26.9. The zero-order valence-corrected chi connectivity index (χ0v) is 11.0. The van der Waals surface area contributed by atoms with Gasteiger partial charge in [-0.2, -0.15) is 0 Å². The van der Waals surface area contributed by atoms with Gasteiger partial charge in [-0.1, -0.05) is 18.2 Å². The third-order valence-electron chi connectivity index (χ3n) is 3.23. The van der Waals surface area contributed by atoms with Gasteiger partial charge in [0.2, 0.25) is 0 Å². The van der Waals surface area contributed by atoms with Gasteiger partial charge in [0, 0.05) is 17.9 Å². The average Bonchev–Trinajstić information content (AvgIpc) is 2.41. The zero-order chi connectivity index (χ0) is 13.8. The van der Waals surface area contributed by atoms with E-state index in [1.165, 1.54) is 6.07 Å². The molecule has 0 bridgehead atoms. The minimum absolute atomic E-state index is 0.0926. The summed E-state index contributed by atoms with van der Waals surface area (Å²) in [5.41, 5.74) is 2.25. The SMILES string of the molecule is CNC(Cc1cccc(F)c1F)c1cccnc1C. The third kappa shape index (κ3) is 2.96. The first-order valence-corrected chi connectivity index (χ1v) is 6.15. The molecule has 0 aliphatic carbocycles. The maximum Gasteiger partial charge on any atom is 0.162 e. The Morgan fingerprint density at radius 3 is 2.68 bits per heavy atom. The highest BCUT2D eigenvalue weighted by Gasteiger charge is 2.16. The molecule has 1 heterocycles. The lowest BCUT2D eigenvalue weighted by molar-refractivity contribution is 0.486.